The van der Waals surface area contributed by atoms with Gasteiger partial charge in [-0.25, -0.2) is 0 Å². The highest BCUT2D eigenvalue weighted by molar-refractivity contribution is 7.99. The summed E-state index contributed by atoms with van der Waals surface area (Å²) in [4.78, 5) is 0. The van der Waals surface area contributed by atoms with E-state index in [-0.39, 0.29) is 0 Å². The zero-order chi connectivity index (χ0) is 9.52. The Hall–Kier alpha value is -0.640. The van der Waals surface area contributed by atoms with Crippen molar-refractivity contribution in [1.29, 1.82) is 0 Å². The molecule has 0 saturated heterocycles. The summed E-state index contributed by atoms with van der Waals surface area (Å²) < 4.78 is 1.81. The summed E-state index contributed by atoms with van der Waals surface area (Å²) in [5, 5.41) is 7.41. The summed E-state index contributed by atoms with van der Waals surface area (Å²) in [6, 6.07) is 0. The normalized spacial score (nSPS) is 10.3. The summed E-state index contributed by atoms with van der Waals surface area (Å²) in [6.07, 6.45) is 5.06. The van der Waals surface area contributed by atoms with Crippen LogP contribution in [0, 0.1) is 0 Å². The summed E-state index contributed by atoms with van der Waals surface area (Å²) >= 11 is 1.99. The SMILES string of the molecule is CCSCCCNc1cnn(C)c1. The van der Waals surface area contributed by atoms with E-state index in [9.17, 15) is 0 Å². The number of aryl methyl sites for hydroxylation is 1. The smallest absolute Gasteiger partial charge is 0.0726 e. The molecule has 4 heteroatoms. The molecular weight excluding hydrogens is 182 g/mol. The van der Waals surface area contributed by atoms with Crippen LogP contribution in [0.15, 0.2) is 12.4 Å². The van der Waals surface area contributed by atoms with E-state index in [0.717, 1.165) is 12.2 Å². The number of thioether (sulfide) groups is 1. The molecule has 1 N–H and O–H groups in total. The van der Waals surface area contributed by atoms with E-state index in [2.05, 4.69) is 17.3 Å². The lowest BCUT2D eigenvalue weighted by molar-refractivity contribution is 0.768. The molecule has 0 saturated carbocycles. The van der Waals surface area contributed by atoms with Crippen LogP contribution >= 0.6 is 11.8 Å². The molecule has 0 radical (unpaired) electrons. The quantitative estimate of drug-likeness (QED) is 0.710. The molecule has 1 aromatic heterocycles. The van der Waals surface area contributed by atoms with Crippen molar-refractivity contribution in [2.75, 3.05) is 23.4 Å². The van der Waals surface area contributed by atoms with E-state index in [4.69, 9.17) is 0 Å². The molecule has 0 bridgehead atoms. The fourth-order valence-electron chi connectivity index (χ4n) is 1.06. The fraction of sp³-hybridized carbons (Fsp3) is 0.667. The van der Waals surface area contributed by atoms with Crippen molar-refractivity contribution in [1.82, 2.24) is 9.78 Å². The second kappa shape index (κ2) is 5.91. The van der Waals surface area contributed by atoms with Crippen molar-refractivity contribution in [3.05, 3.63) is 12.4 Å². The number of aromatic nitrogens is 2. The van der Waals surface area contributed by atoms with E-state index in [1.807, 2.05) is 35.9 Å². The average molecular weight is 199 g/mol. The molecule has 1 heterocycles. The van der Waals surface area contributed by atoms with Crippen LogP contribution in [0.5, 0.6) is 0 Å². The van der Waals surface area contributed by atoms with Crippen LogP contribution in [-0.4, -0.2) is 27.8 Å². The summed E-state index contributed by atoms with van der Waals surface area (Å²) in [7, 11) is 1.93. The van der Waals surface area contributed by atoms with Crippen LogP contribution in [0.2, 0.25) is 0 Å². The highest BCUT2D eigenvalue weighted by Crippen LogP contribution is 2.05. The van der Waals surface area contributed by atoms with Crippen LogP contribution in [0.25, 0.3) is 0 Å². The standard InChI is InChI=1S/C9H17N3S/c1-3-13-6-4-5-10-9-7-11-12(2)8-9/h7-8,10H,3-6H2,1-2H3. The van der Waals surface area contributed by atoms with Gasteiger partial charge in [-0.2, -0.15) is 16.9 Å². The number of rotatable bonds is 6. The lowest BCUT2D eigenvalue weighted by atomic mass is 10.4. The number of nitrogens with zero attached hydrogens (tertiary/aromatic N) is 2. The molecule has 74 valence electrons. The van der Waals surface area contributed by atoms with Gasteiger partial charge in [0.05, 0.1) is 11.9 Å². The van der Waals surface area contributed by atoms with E-state index < -0.39 is 0 Å². The maximum atomic E-state index is 4.08. The van der Waals surface area contributed by atoms with Crippen molar-refractivity contribution in [2.24, 2.45) is 7.05 Å². The molecule has 1 aromatic rings. The largest absolute Gasteiger partial charge is 0.382 e. The van der Waals surface area contributed by atoms with Gasteiger partial charge in [-0.05, 0) is 17.9 Å². The minimum atomic E-state index is 1.04. The zero-order valence-corrected chi connectivity index (χ0v) is 9.10. The first-order valence-electron chi connectivity index (χ1n) is 4.63. The van der Waals surface area contributed by atoms with Gasteiger partial charge >= 0.3 is 0 Å². The lowest BCUT2D eigenvalue weighted by Gasteiger charge is -2.01. The maximum Gasteiger partial charge on any atom is 0.0726 e. The molecule has 0 fully saturated rings. The predicted octanol–water partition coefficient (Wildman–Crippen LogP) is 1.98. The number of nitrogens with one attached hydrogen (secondary N) is 1. The predicted molar refractivity (Wildman–Crippen MR) is 59.3 cm³/mol. The van der Waals surface area contributed by atoms with Crippen molar-refractivity contribution in [2.45, 2.75) is 13.3 Å². The lowest BCUT2D eigenvalue weighted by Crippen LogP contribution is -2.01. The van der Waals surface area contributed by atoms with Gasteiger partial charge in [-0.15, -0.1) is 0 Å². The molecule has 0 atom stereocenters. The van der Waals surface area contributed by atoms with Gasteiger partial charge in [0, 0.05) is 19.8 Å². The molecule has 0 aliphatic carbocycles. The first kappa shape index (κ1) is 10.4. The van der Waals surface area contributed by atoms with Crippen LogP contribution < -0.4 is 5.32 Å². The van der Waals surface area contributed by atoms with Crippen molar-refractivity contribution in [3.63, 3.8) is 0 Å². The second-order valence-electron chi connectivity index (χ2n) is 2.88. The topological polar surface area (TPSA) is 29.9 Å². The molecule has 0 unspecified atom stereocenters. The Morgan fingerprint density at radius 1 is 1.62 bits per heavy atom. The number of hydrogen-bond acceptors (Lipinski definition) is 3. The summed E-state index contributed by atoms with van der Waals surface area (Å²) in [6.45, 7) is 3.23. The molecule has 0 aliphatic heterocycles. The highest BCUT2D eigenvalue weighted by atomic mass is 32.2. The first-order chi connectivity index (χ1) is 6.33. The third kappa shape index (κ3) is 4.22. The van der Waals surface area contributed by atoms with Crippen LogP contribution in [0.4, 0.5) is 5.69 Å². The number of anilines is 1. The van der Waals surface area contributed by atoms with Crippen molar-refractivity contribution in [3.8, 4) is 0 Å². The van der Waals surface area contributed by atoms with Crippen molar-refractivity contribution < 1.29 is 0 Å². The van der Waals surface area contributed by atoms with Crippen LogP contribution in [0.1, 0.15) is 13.3 Å². The van der Waals surface area contributed by atoms with E-state index in [0.29, 0.717) is 0 Å². The highest BCUT2D eigenvalue weighted by Gasteiger charge is 1.93. The summed E-state index contributed by atoms with van der Waals surface area (Å²) in [5.41, 5.74) is 1.11. The monoisotopic (exact) mass is 199 g/mol. The van der Waals surface area contributed by atoms with Gasteiger partial charge < -0.3 is 5.32 Å². The Balaban J connectivity index is 2.06. The Morgan fingerprint density at radius 2 is 2.46 bits per heavy atom. The van der Waals surface area contributed by atoms with Gasteiger partial charge in [-0.1, -0.05) is 6.92 Å². The minimum Gasteiger partial charge on any atom is -0.382 e. The molecule has 0 aromatic carbocycles. The van der Waals surface area contributed by atoms with Gasteiger partial charge in [0.15, 0.2) is 0 Å². The summed E-state index contributed by atoms with van der Waals surface area (Å²) in [5.74, 6) is 2.46. The minimum absolute atomic E-state index is 1.04. The third-order valence-electron chi connectivity index (χ3n) is 1.70. The molecule has 0 aliphatic rings. The Kier molecular flexibility index (Phi) is 4.75. The third-order valence-corrected chi connectivity index (χ3v) is 2.69. The van der Waals surface area contributed by atoms with E-state index in [1.165, 1.54) is 17.9 Å². The Morgan fingerprint density at radius 3 is 3.08 bits per heavy atom. The Labute approximate surface area is 83.9 Å². The molecule has 3 nitrogen and oxygen atoms in total. The van der Waals surface area contributed by atoms with E-state index in [1.54, 1.807) is 0 Å². The van der Waals surface area contributed by atoms with Gasteiger partial charge in [0.25, 0.3) is 0 Å². The molecule has 0 amide bonds. The fourth-order valence-corrected chi connectivity index (χ4v) is 1.70. The van der Waals surface area contributed by atoms with Gasteiger partial charge in [0.1, 0.15) is 0 Å². The first-order valence-corrected chi connectivity index (χ1v) is 5.78. The molecule has 0 spiro atoms. The van der Waals surface area contributed by atoms with Crippen LogP contribution in [0.3, 0.4) is 0 Å². The second-order valence-corrected chi connectivity index (χ2v) is 4.27. The molecular formula is C9H17N3S. The van der Waals surface area contributed by atoms with Gasteiger partial charge in [-0.3, -0.25) is 4.68 Å². The molecule has 13 heavy (non-hydrogen) atoms. The van der Waals surface area contributed by atoms with E-state index >= 15 is 0 Å². The van der Waals surface area contributed by atoms with Crippen LogP contribution in [-0.2, 0) is 7.05 Å². The van der Waals surface area contributed by atoms with Gasteiger partial charge in [0.2, 0.25) is 0 Å². The molecule has 1 rings (SSSR count). The maximum absolute atomic E-state index is 4.08. The zero-order valence-electron chi connectivity index (χ0n) is 8.29. The number of hydrogen-bond donors (Lipinski definition) is 1. The van der Waals surface area contributed by atoms with Crippen molar-refractivity contribution >= 4 is 17.4 Å². The average Bonchev–Trinajstić information content (AvgIpc) is 2.51. The Bertz CT molecular complexity index is 235.